The summed E-state index contributed by atoms with van der Waals surface area (Å²) in [5.74, 6) is 0.596. The highest BCUT2D eigenvalue weighted by Gasteiger charge is 2.44. The van der Waals surface area contributed by atoms with Crippen LogP contribution in [0.5, 0.6) is 5.75 Å². The number of carbonyl (C=O) groups excluding carboxylic acids is 2. The van der Waals surface area contributed by atoms with Crippen molar-refractivity contribution in [3.8, 4) is 5.75 Å². The van der Waals surface area contributed by atoms with Crippen LogP contribution in [0.3, 0.4) is 0 Å². The van der Waals surface area contributed by atoms with Gasteiger partial charge in [-0.25, -0.2) is 0 Å². The number of hydrogen-bond donors (Lipinski definition) is 1. The van der Waals surface area contributed by atoms with E-state index >= 15 is 0 Å². The number of nitrogens with one attached hydrogen (secondary N) is 1. The Kier molecular flexibility index (Phi) is 6.75. The summed E-state index contributed by atoms with van der Waals surface area (Å²) in [6.07, 6.45) is 8.01. The Morgan fingerprint density at radius 1 is 1.19 bits per heavy atom. The van der Waals surface area contributed by atoms with Crippen LogP contribution in [-0.4, -0.2) is 36.4 Å². The van der Waals surface area contributed by atoms with Crippen molar-refractivity contribution >= 4 is 11.8 Å². The maximum Gasteiger partial charge on any atom is 0.226 e. The van der Waals surface area contributed by atoms with E-state index in [9.17, 15) is 9.59 Å². The van der Waals surface area contributed by atoms with E-state index in [1.54, 1.807) is 7.11 Å². The van der Waals surface area contributed by atoms with Crippen LogP contribution in [0.4, 0.5) is 0 Å². The van der Waals surface area contributed by atoms with Crippen molar-refractivity contribution in [1.82, 2.24) is 10.2 Å². The molecule has 0 bridgehead atoms. The quantitative estimate of drug-likeness (QED) is 0.791. The second kappa shape index (κ2) is 9.25. The minimum Gasteiger partial charge on any atom is -0.497 e. The minimum atomic E-state index is -0.315. The minimum absolute atomic E-state index is 0.0371. The Labute approximate surface area is 162 Å². The first kappa shape index (κ1) is 19.7. The third-order valence-electron chi connectivity index (χ3n) is 5.93. The average Bonchev–Trinajstić information content (AvgIpc) is 3.03. The summed E-state index contributed by atoms with van der Waals surface area (Å²) in [5, 5.41) is 3.24. The maximum absolute atomic E-state index is 13.1. The zero-order valence-corrected chi connectivity index (χ0v) is 16.6. The van der Waals surface area contributed by atoms with E-state index in [0.717, 1.165) is 37.0 Å². The predicted octanol–water partition coefficient (Wildman–Crippen LogP) is 3.83. The lowest BCUT2D eigenvalue weighted by atomic mass is 9.90. The van der Waals surface area contributed by atoms with Crippen LogP contribution in [0.25, 0.3) is 0 Å². The third kappa shape index (κ3) is 4.63. The fraction of sp³-hybridized carbons (Fsp3) is 0.636. The van der Waals surface area contributed by atoms with Gasteiger partial charge in [0.25, 0.3) is 0 Å². The van der Waals surface area contributed by atoms with Gasteiger partial charge in [0.15, 0.2) is 0 Å². The molecule has 5 heteroatoms. The molecule has 148 valence electrons. The molecule has 1 saturated carbocycles. The highest BCUT2D eigenvalue weighted by molar-refractivity contribution is 5.90. The van der Waals surface area contributed by atoms with Crippen LogP contribution in [0.2, 0.25) is 0 Å². The highest BCUT2D eigenvalue weighted by atomic mass is 16.5. The van der Waals surface area contributed by atoms with Gasteiger partial charge in [0, 0.05) is 19.0 Å². The topological polar surface area (TPSA) is 58.6 Å². The number of nitrogens with zero attached hydrogens (tertiary/aromatic N) is 1. The van der Waals surface area contributed by atoms with Gasteiger partial charge in [0.2, 0.25) is 11.8 Å². The van der Waals surface area contributed by atoms with Crippen molar-refractivity contribution in [2.24, 2.45) is 5.92 Å². The number of likely N-dealkylation sites (tertiary alicyclic amines) is 1. The third-order valence-corrected chi connectivity index (χ3v) is 5.93. The first-order valence-corrected chi connectivity index (χ1v) is 10.4. The molecule has 2 unspecified atom stereocenters. The summed E-state index contributed by atoms with van der Waals surface area (Å²) in [6.45, 7) is 2.83. The van der Waals surface area contributed by atoms with E-state index in [1.807, 2.05) is 29.2 Å². The zero-order valence-electron chi connectivity index (χ0n) is 16.6. The van der Waals surface area contributed by atoms with Crippen molar-refractivity contribution < 1.29 is 14.3 Å². The van der Waals surface area contributed by atoms with E-state index in [4.69, 9.17) is 4.74 Å². The average molecular weight is 373 g/mol. The van der Waals surface area contributed by atoms with E-state index in [0.29, 0.717) is 13.0 Å². The summed E-state index contributed by atoms with van der Waals surface area (Å²) in [7, 11) is 1.64. The first-order valence-electron chi connectivity index (χ1n) is 10.4. The van der Waals surface area contributed by atoms with Crippen LogP contribution in [0, 0.1) is 5.92 Å². The Morgan fingerprint density at radius 2 is 1.89 bits per heavy atom. The molecule has 1 saturated heterocycles. The molecule has 2 amide bonds. The van der Waals surface area contributed by atoms with Crippen molar-refractivity contribution in [3.63, 3.8) is 0 Å². The Morgan fingerprint density at radius 3 is 2.52 bits per heavy atom. The van der Waals surface area contributed by atoms with Crippen LogP contribution in [-0.2, 0) is 9.59 Å². The molecule has 2 fully saturated rings. The number of ether oxygens (including phenoxy) is 1. The molecule has 1 aliphatic carbocycles. The van der Waals surface area contributed by atoms with Crippen LogP contribution in [0.15, 0.2) is 24.3 Å². The number of amides is 2. The molecule has 27 heavy (non-hydrogen) atoms. The summed E-state index contributed by atoms with van der Waals surface area (Å²) >= 11 is 0. The lowest BCUT2D eigenvalue weighted by Gasteiger charge is -2.30. The van der Waals surface area contributed by atoms with Gasteiger partial charge in [-0.2, -0.15) is 0 Å². The molecule has 3 rings (SSSR count). The van der Waals surface area contributed by atoms with Crippen molar-refractivity contribution in [1.29, 1.82) is 0 Å². The molecule has 1 N–H and O–H groups in total. The Bertz CT molecular complexity index is 637. The highest BCUT2D eigenvalue weighted by Crippen LogP contribution is 2.39. The number of benzene rings is 1. The first-order chi connectivity index (χ1) is 13.1. The predicted molar refractivity (Wildman–Crippen MR) is 105 cm³/mol. The number of unbranched alkanes of at least 4 members (excludes halogenated alkanes) is 1. The number of hydrogen-bond acceptors (Lipinski definition) is 3. The molecule has 0 spiro atoms. The molecule has 0 aromatic heterocycles. The second-order valence-corrected chi connectivity index (χ2v) is 7.81. The van der Waals surface area contributed by atoms with Gasteiger partial charge >= 0.3 is 0 Å². The smallest absolute Gasteiger partial charge is 0.226 e. The molecule has 1 aromatic rings. The molecule has 2 aliphatic rings. The SMILES string of the molecule is CCCCN1C(=O)CC(C(=O)NC2CCCCC2)C1c1ccc(OC)cc1. The fourth-order valence-corrected chi connectivity index (χ4v) is 4.39. The van der Waals surface area contributed by atoms with Crippen molar-refractivity contribution in [3.05, 3.63) is 29.8 Å². The largest absolute Gasteiger partial charge is 0.497 e. The van der Waals surface area contributed by atoms with Gasteiger partial charge in [-0.1, -0.05) is 44.7 Å². The monoisotopic (exact) mass is 372 g/mol. The summed E-state index contributed by atoms with van der Waals surface area (Å²) in [5.41, 5.74) is 1.02. The van der Waals surface area contributed by atoms with E-state index in [-0.39, 0.29) is 29.8 Å². The Hall–Kier alpha value is -2.04. The van der Waals surface area contributed by atoms with E-state index in [2.05, 4.69) is 12.2 Å². The van der Waals surface area contributed by atoms with Crippen molar-refractivity contribution in [2.75, 3.05) is 13.7 Å². The van der Waals surface area contributed by atoms with Gasteiger partial charge in [-0.15, -0.1) is 0 Å². The number of rotatable bonds is 7. The summed E-state index contributed by atoms with van der Waals surface area (Å²) < 4.78 is 5.26. The molecule has 1 aromatic carbocycles. The lowest BCUT2D eigenvalue weighted by Crippen LogP contribution is -2.42. The molecule has 5 nitrogen and oxygen atoms in total. The zero-order chi connectivity index (χ0) is 19.2. The van der Waals surface area contributed by atoms with E-state index in [1.165, 1.54) is 19.3 Å². The number of carbonyl (C=O) groups is 2. The van der Waals surface area contributed by atoms with Crippen LogP contribution >= 0.6 is 0 Å². The van der Waals surface area contributed by atoms with E-state index < -0.39 is 0 Å². The second-order valence-electron chi connectivity index (χ2n) is 7.81. The van der Waals surface area contributed by atoms with Gasteiger partial charge in [0.1, 0.15) is 5.75 Å². The maximum atomic E-state index is 13.1. The van der Waals surface area contributed by atoms with Crippen LogP contribution in [0.1, 0.15) is 69.9 Å². The number of methoxy groups -OCH3 is 1. The van der Waals surface area contributed by atoms with Gasteiger partial charge in [-0.3, -0.25) is 9.59 Å². The summed E-state index contributed by atoms with van der Waals surface area (Å²) in [4.78, 5) is 27.7. The molecule has 2 atom stereocenters. The van der Waals surface area contributed by atoms with Crippen LogP contribution < -0.4 is 10.1 Å². The normalized spacial score (nSPS) is 23.5. The fourth-order valence-electron chi connectivity index (χ4n) is 4.39. The molecular weight excluding hydrogens is 340 g/mol. The molecule has 1 heterocycles. The van der Waals surface area contributed by atoms with Gasteiger partial charge in [-0.05, 0) is 37.0 Å². The standard InChI is InChI=1S/C22H32N2O3/c1-3-4-14-24-20(25)15-19(22(26)23-17-8-6-5-7-9-17)21(24)16-10-12-18(27-2)13-11-16/h10-13,17,19,21H,3-9,14-15H2,1-2H3,(H,23,26). The van der Waals surface area contributed by atoms with Gasteiger partial charge < -0.3 is 15.0 Å². The van der Waals surface area contributed by atoms with Gasteiger partial charge in [0.05, 0.1) is 19.1 Å². The Balaban J connectivity index is 1.80. The molecule has 1 aliphatic heterocycles. The molecular formula is C22H32N2O3. The summed E-state index contributed by atoms with van der Waals surface area (Å²) in [6, 6.07) is 7.88. The molecule has 0 radical (unpaired) electrons. The lowest BCUT2D eigenvalue weighted by molar-refractivity contribution is -0.129. The van der Waals surface area contributed by atoms with Crippen molar-refractivity contribution in [2.45, 2.75) is 70.4 Å².